The van der Waals surface area contributed by atoms with E-state index in [4.69, 9.17) is 21.8 Å². The van der Waals surface area contributed by atoms with Crippen molar-refractivity contribution in [2.75, 3.05) is 5.73 Å². The monoisotopic (exact) mass is 238 g/mol. The van der Waals surface area contributed by atoms with Gasteiger partial charge in [-0.15, -0.1) is 0 Å². The normalized spacial score (nSPS) is 12.7. The first-order chi connectivity index (χ1) is 7.58. The van der Waals surface area contributed by atoms with Crippen LogP contribution in [0.3, 0.4) is 0 Å². The van der Waals surface area contributed by atoms with E-state index in [-0.39, 0.29) is 5.82 Å². The average molecular weight is 239 g/mol. The topological polar surface area (TPSA) is 72.3 Å². The molecule has 5 heteroatoms. The maximum atomic E-state index is 10.0. The van der Waals surface area contributed by atoms with Crippen LogP contribution in [-0.2, 0) is 0 Å². The number of aromatic nitrogens is 1. The Morgan fingerprint density at radius 1 is 1.50 bits per heavy atom. The molecule has 0 aliphatic heterocycles. The summed E-state index contributed by atoms with van der Waals surface area (Å²) in [6.45, 7) is 1.80. The standard InChI is InChI=1S/C11H11ClN2O2/c1-6-2-3-9(16-6)10(15)8-4-7(12)5-14-11(8)13/h2-5,10,15H,1H3,(H2,13,14). The van der Waals surface area contributed by atoms with Crippen molar-refractivity contribution in [3.05, 3.63) is 46.5 Å². The number of aliphatic hydroxyl groups excluding tert-OH is 1. The SMILES string of the molecule is Cc1ccc(C(O)c2cc(Cl)cnc2N)o1. The number of aliphatic hydroxyl groups is 1. The lowest BCUT2D eigenvalue weighted by Gasteiger charge is -2.10. The number of halogens is 1. The van der Waals surface area contributed by atoms with Crippen LogP contribution in [0.25, 0.3) is 0 Å². The van der Waals surface area contributed by atoms with Gasteiger partial charge < -0.3 is 15.3 Å². The molecule has 0 saturated carbocycles. The molecule has 2 heterocycles. The Morgan fingerprint density at radius 2 is 2.25 bits per heavy atom. The van der Waals surface area contributed by atoms with Gasteiger partial charge in [0.25, 0.3) is 0 Å². The Bertz CT molecular complexity index is 510. The van der Waals surface area contributed by atoms with Crippen molar-refractivity contribution in [2.24, 2.45) is 0 Å². The van der Waals surface area contributed by atoms with Crippen molar-refractivity contribution in [3.8, 4) is 0 Å². The van der Waals surface area contributed by atoms with E-state index in [9.17, 15) is 5.11 Å². The highest BCUT2D eigenvalue weighted by Gasteiger charge is 2.17. The van der Waals surface area contributed by atoms with E-state index in [1.807, 2.05) is 0 Å². The first-order valence-electron chi connectivity index (χ1n) is 4.73. The summed E-state index contributed by atoms with van der Waals surface area (Å²) in [5.74, 6) is 1.39. The Kier molecular flexibility index (Phi) is 2.85. The first kappa shape index (κ1) is 11.0. The van der Waals surface area contributed by atoms with Crippen LogP contribution in [0.1, 0.15) is 23.2 Å². The van der Waals surface area contributed by atoms with E-state index in [0.717, 1.165) is 5.76 Å². The molecule has 2 aromatic rings. The molecule has 84 valence electrons. The quantitative estimate of drug-likeness (QED) is 0.842. The van der Waals surface area contributed by atoms with Crippen LogP contribution < -0.4 is 5.73 Å². The van der Waals surface area contributed by atoms with Crippen molar-refractivity contribution in [1.29, 1.82) is 0 Å². The second-order valence-electron chi connectivity index (χ2n) is 3.48. The number of hydrogen-bond acceptors (Lipinski definition) is 4. The number of nitrogens with two attached hydrogens (primary N) is 1. The number of aryl methyl sites for hydroxylation is 1. The van der Waals surface area contributed by atoms with Crippen LogP contribution in [0.2, 0.25) is 5.02 Å². The van der Waals surface area contributed by atoms with E-state index in [1.165, 1.54) is 6.20 Å². The average Bonchev–Trinajstić information content (AvgIpc) is 2.67. The molecular formula is C11H11ClN2O2. The summed E-state index contributed by atoms with van der Waals surface area (Å²) in [6.07, 6.45) is 0.487. The summed E-state index contributed by atoms with van der Waals surface area (Å²) in [4.78, 5) is 3.88. The number of rotatable bonds is 2. The fourth-order valence-corrected chi connectivity index (χ4v) is 1.60. The molecule has 0 aromatic carbocycles. The Hall–Kier alpha value is -1.52. The third-order valence-corrected chi connectivity index (χ3v) is 2.45. The molecule has 4 nitrogen and oxygen atoms in total. The predicted octanol–water partition coefficient (Wildman–Crippen LogP) is 2.30. The van der Waals surface area contributed by atoms with E-state index >= 15 is 0 Å². The van der Waals surface area contributed by atoms with E-state index in [0.29, 0.717) is 16.3 Å². The molecule has 16 heavy (non-hydrogen) atoms. The van der Waals surface area contributed by atoms with Gasteiger partial charge in [0, 0.05) is 11.8 Å². The fraction of sp³-hybridized carbons (Fsp3) is 0.182. The van der Waals surface area contributed by atoms with E-state index in [1.54, 1.807) is 25.1 Å². The lowest BCUT2D eigenvalue weighted by atomic mass is 10.1. The third-order valence-electron chi connectivity index (χ3n) is 2.24. The zero-order chi connectivity index (χ0) is 11.7. The van der Waals surface area contributed by atoms with Crippen LogP contribution in [0.15, 0.2) is 28.8 Å². The molecule has 1 unspecified atom stereocenters. The summed E-state index contributed by atoms with van der Waals surface area (Å²) < 4.78 is 5.32. The predicted molar refractivity (Wildman–Crippen MR) is 61.2 cm³/mol. The largest absolute Gasteiger partial charge is 0.463 e. The lowest BCUT2D eigenvalue weighted by Crippen LogP contribution is -2.04. The summed E-state index contributed by atoms with van der Waals surface area (Å²) in [5, 5.41) is 10.5. The number of hydrogen-bond donors (Lipinski definition) is 2. The van der Waals surface area contributed by atoms with Crippen LogP contribution in [0.5, 0.6) is 0 Å². The van der Waals surface area contributed by atoms with E-state index in [2.05, 4.69) is 4.98 Å². The molecule has 0 bridgehead atoms. The van der Waals surface area contributed by atoms with Crippen LogP contribution in [0, 0.1) is 6.92 Å². The Morgan fingerprint density at radius 3 is 2.88 bits per heavy atom. The molecule has 0 saturated heterocycles. The van der Waals surface area contributed by atoms with Crippen LogP contribution in [0.4, 0.5) is 5.82 Å². The van der Waals surface area contributed by atoms with Gasteiger partial charge in [-0.2, -0.15) is 0 Å². The van der Waals surface area contributed by atoms with Gasteiger partial charge in [0.05, 0.1) is 5.02 Å². The molecule has 0 aliphatic rings. The van der Waals surface area contributed by atoms with Crippen LogP contribution >= 0.6 is 11.6 Å². The molecule has 0 amide bonds. The smallest absolute Gasteiger partial charge is 0.140 e. The van der Waals surface area contributed by atoms with E-state index < -0.39 is 6.10 Å². The summed E-state index contributed by atoms with van der Waals surface area (Å²) in [6, 6.07) is 5.04. The minimum absolute atomic E-state index is 0.242. The molecule has 2 aromatic heterocycles. The molecule has 0 radical (unpaired) electrons. The molecule has 2 rings (SSSR count). The summed E-state index contributed by atoms with van der Waals surface area (Å²) >= 11 is 5.79. The fourth-order valence-electron chi connectivity index (χ4n) is 1.44. The Labute approximate surface area is 97.7 Å². The number of pyridine rings is 1. The van der Waals surface area contributed by atoms with Gasteiger partial charge in [0.1, 0.15) is 23.4 Å². The molecule has 1 atom stereocenters. The zero-order valence-electron chi connectivity index (χ0n) is 8.64. The van der Waals surface area contributed by atoms with Crippen molar-refractivity contribution in [3.63, 3.8) is 0 Å². The number of nitrogens with zero attached hydrogens (tertiary/aromatic N) is 1. The molecule has 0 spiro atoms. The van der Waals surface area contributed by atoms with Gasteiger partial charge in [-0.25, -0.2) is 4.98 Å². The van der Waals surface area contributed by atoms with Crippen molar-refractivity contribution in [2.45, 2.75) is 13.0 Å². The van der Waals surface area contributed by atoms with Crippen molar-refractivity contribution in [1.82, 2.24) is 4.98 Å². The Balaban J connectivity index is 2.40. The summed E-state index contributed by atoms with van der Waals surface area (Å²) in [5.41, 5.74) is 6.11. The van der Waals surface area contributed by atoms with Crippen molar-refractivity contribution >= 4 is 17.4 Å². The maximum Gasteiger partial charge on any atom is 0.140 e. The second kappa shape index (κ2) is 4.15. The van der Waals surface area contributed by atoms with Gasteiger partial charge in [-0.1, -0.05) is 11.6 Å². The second-order valence-corrected chi connectivity index (χ2v) is 3.92. The van der Waals surface area contributed by atoms with Crippen molar-refractivity contribution < 1.29 is 9.52 Å². The number of anilines is 1. The van der Waals surface area contributed by atoms with Gasteiger partial charge in [0.15, 0.2) is 0 Å². The minimum atomic E-state index is -0.945. The molecule has 0 aliphatic carbocycles. The highest BCUT2D eigenvalue weighted by molar-refractivity contribution is 6.30. The zero-order valence-corrected chi connectivity index (χ0v) is 9.40. The number of nitrogen functional groups attached to an aromatic ring is 1. The van der Waals surface area contributed by atoms with Gasteiger partial charge in [0.2, 0.25) is 0 Å². The molecular weight excluding hydrogens is 228 g/mol. The van der Waals surface area contributed by atoms with Crippen LogP contribution in [-0.4, -0.2) is 10.1 Å². The maximum absolute atomic E-state index is 10.0. The van der Waals surface area contributed by atoms with Gasteiger partial charge in [-0.3, -0.25) is 0 Å². The molecule has 0 fully saturated rings. The first-order valence-corrected chi connectivity index (χ1v) is 5.11. The number of furan rings is 1. The third kappa shape index (κ3) is 2.03. The summed E-state index contributed by atoms with van der Waals surface area (Å²) in [7, 11) is 0. The molecule has 3 N–H and O–H groups in total. The van der Waals surface area contributed by atoms with Gasteiger partial charge in [-0.05, 0) is 25.1 Å². The highest BCUT2D eigenvalue weighted by Crippen LogP contribution is 2.28. The minimum Gasteiger partial charge on any atom is -0.463 e. The van der Waals surface area contributed by atoms with Gasteiger partial charge >= 0.3 is 0 Å². The highest BCUT2D eigenvalue weighted by atomic mass is 35.5. The lowest BCUT2D eigenvalue weighted by molar-refractivity contribution is 0.188.